The molecule has 0 aliphatic carbocycles. The molecule has 1 aromatic rings. The van der Waals surface area contributed by atoms with Gasteiger partial charge in [0.15, 0.2) is 0 Å². The number of halogens is 1. The zero-order valence-corrected chi connectivity index (χ0v) is 9.94. The third kappa shape index (κ3) is 3.64. The molecular weight excluding hydrogens is 196 g/mol. The van der Waals surface area contributed by atoms with Gasteiger partial charge in [-0.2, -0.15) is 0 Å². The number of hydrogen-bond acceptors (Lipinski definition) is 2. The summed E-state index contributed by atoms with van der Waals surface area (Å²) in [6, 6.07) is 3.84. The number of aromatic nitrogens is 1. The van der Waals surface area contributed by atoms with Gasteiger partial charge in [0.05, 0.1) is 0 Å². The van der Waals surface area contributed by atoms with E-state index < -0.39 is 0 Å². The predicted molar refractivity (Wildman–Crippen MR) is 60.6 cm³/mol. The van der Waals surface area contributed by atoms with Gasteiger partial charge in [0, 0.05) is 17.8 Å². The maximum atomic E-state index is 5.78. The van der Waals surface area contributed by atoms with Gasteiger partial charge >= 0.3 is 0 Å². The Labute approximate surface area is 90.7 Å². The summed E-state index contributed by atoms with van der Waals surface area (Å²) in [6.45, 7) is 9.24. The maximum absolute atomic E-state index is 5.78. The molecule has 78 valence electrons. The van der Waals surface area contributed by atoms with Crippen LogP contribution in [0.25, 0.3) is 0 Å². The summed E-state index contributed by atoms with van der Waals surface area (Å²) in [7, 11) is 0. The fraction of sp³-hybridized carbons (Fsp3) is 0.545. The second-order valence-electron chi connectivity index (χ2n) is 4.48. The van der Waals surface area contributed by atoms with E-state index in [1.54, 1.807) is 0 Å². The van der Waals surface area contributed by atoms with E-state index in [2.05, 4.69) is 31.1 Å². The number of rotatable bonds is 2. The van der Waals surface area contributed by atoms with Gasteiger partial charge in [-0.05, 0) is 39.3 Å². The summed E-state index contributed by atoms with van der Waals surface area (Å²) < 4.78 is 0. The predicted octanol–water partition coefficient (Wildman–Crippen LogP) is 2.93. The van der Waals surface area contributed by atoms with E-state index in [0.717, 1.165) is 12.2 Å². The minimum absolute atomic E-state index is 0.131. The van der Waals surface area contributed by atoms with Crippen molar-refractivity contribution in [2.75, 3.05) is 0 Å². The molecule has 0 aromatic carbocycles. The smallest absolute Gasteiger partial charge is 0.129 e. The van der Waals surface area contributed by atoms with Crippen molar-refractivity contribution in [2.24, 2.45) is 0 Å². The van der Waals surface area contributed by atoms with Gasteiger partial charge in [-0.15, -0.1) is 0 Å². The average molecular weight is 213 g/mol. The molecule has 0 saturated heterocycles. The Morgan fingerprint density at radius 3 is 2.50 bits per heavy atom. The summed E-state index contributed by atoms with van der Waals surface area (Å²) >= 11 is 5.78. The molecule has 1 aromatic heterocycles. The van der Waals surface area contributed by atoms with Crippen molar-refractivity contribution in [1.29, 1.82) is 0 Å². The quantitative estimate of drug-likeness (QED) is 0.763. The number of pyridine rings is 1. The lowest BCUT2D eigenvalue weighted by Gasteiger charge is -2.21. The molecule has 0 fully saturated rings. The summed E-state index contributed by atoms with van der Waals surface area (Å²) in [5.74, 6) is 0. The van der Waals surface area contributed by atoms with Crippen LogP contribution in [0.4, 0.5) is 0 Å². The van der Waals surface area contributed by atoms with Crippen LogP contribution in [0.15, 0.2) is 12.1 Å². The molecular formula is C11H17ClN2. The van der Waals surface area contributed by atoms with Crippen LogP contribution in [0.1, 0.15) is 32.0 Å². The number of nitrogens with zero attached hydrogens (tertiary/aromatic N) is 1. The lowest BCUT2D eigenvalue weighted by molar-refractivity contribution is 0.423. The normalized spacial score (nSPS) is 11.8. The first-order valence-corrected chi connectivity index (χ1v) is 5.13. The number of nitrogens with one attached hydrogen (secondary N) is 1. The van der Waals surface area contributed by atoms with E-state index in [1.807, 2.05) is 19.1 Å². The van der Waals surface area contributed by atoms with Crippen LogP contribution in [-0.2, 0) is 6.54 Å². The van der Waals surface area contributed by atoms with Crippen molar-refractivity contribution in [3.63, 3.8) is 0 Å². The largest absolute Gasteiger partial charge is 0.308 e. The van der Waals surface area contributed by atoms with Crippen molar-refractivity contribution >= 4 is 11.6 Å². The van der Waals surface area contributed by atoms with Crippen LogP contribution in [0.3, 0.4) is 0 Å². The molecule has 0 spiro atoms. The highest BCUT2D eigenvalue weighted by Crippen LogP contribution is 2.11. The maximum Gasteiger partial charge on any atom is 0.129 e. The first-order valence-electron chi connectivity index (χ1n) is 4.75. The molecule has 0 aliphatic rings. The minimum atomic E-state index is 0.131. The van der Waals surface area contributed by atoms with Gasteiger partial charge in [0.1, 0.15) is 5.15 Å². The van der Waals surface area contributed by atoms with Crippen molar-refractivity contribution in [3.05, 3.63) is 28.5 Å². The Hall–Kier alpha value is -0.600. The van der Waals surface area contributed by atoms with Crippen molar-refractivity contribution in [1.82, 2.24) is 10.3 Å². The Morgan fingerprint density at radius 1 is 1.36 bits per heavy atom. The summed E-state index contributed by atoms with van der Waals surface area (Å²) in [5.41, 5.74) is 2.32. The molecule has 1 rings (SSSR count). The molecule has 0 atom stereocenters. The first kappa shape index (κ1) is 11.5. The molecule has 3 heteroatoms. The lowest BCUT2D eigenvalue weighted by Crippen LogP contribution is -2.35. The van der Waals surface area contributed by atoms with Crippen molar-refractivity contribution < 1.29 is 0 Å². The van der Waals surface area contributed by atoms with E-state index in [4.69, 9.17) is 11.6 Å². The molecule has 0 unspecified atom stereocenters. The van der Waals surface area contributed by atoms with Crippen LogP contribution in [0, 0.1) is 6.92 Å². The minimum Gasteiger partial charge on any atom is -0.308 e. The lowest BCUT2D eigenvalue weighted by atomic mass is 10.1. The van der Waals surface area contributed by atoms with Crippen LogP contribution < -0.4 is 5.32 Å². The molecule has 2 nitrogen and oxygen atoms in total. The van der Waals surface area contributed by atoms with E-state index in [1.165, 1.54) is 5.56 Å². The van der Waals surface area contributed by atoms with Crippen LogP contribution >= 0.6 is 11.6 Å². The average Bonchev–Trinajstić information content (AvgIpc) is 2.00. The SMILES string of the molecule is Cc1nc(Cl)ccc1CNC(C)(C)C. The van der Waals surface area contributed by atoms with Crippen molar-refractivity contribution in [2.45, 2.75) is 39.8 Å². The van der Waals surface area contributed by atoms with Crippen LogP contribution in [0.5, 0.6) is 0 Å². The Kier molecular flexibility index (Phi) is 3.51. The highest BCUT2D eigenvalue weighted by Gasteiger charge is 2.09. The van der Waals surface area contributed by atoms with Crippen LogP contribution in [0.2, 0.25) is 5.15 Å². The molecule has 0 aliphatic heterocycles. The second kappa shape index (κ2) is 4.28. The van der Waals surface area contributed by atoms with Gasteiger partial charge in [0.25, 0.3) is 0 Å². The number of hydrogen-bond donors (Lipinski definition) is 1. The first-order chi connectivity index (χ1) is 6.38. The van der Waals surface area contributed by atoms with Gasteiger partial charge in [-0.3, -0.25) is 0 Å². The van der Waals surface area contributed by atoms with Gasteiger partial charge in [-0.1, -0.05) is 17.7 Å². The van der Waals surface area contributed by atoms with E-state index >= 15 is 0 Å². The number of aryl methyl sites for hydroxylation is 1. The molecule has 1 N–H and O–H groups in total. The standard InChI is InChI=1S/C11H17ClN2/c1-8-9(5-6-10(12)14-8)7-13-11(2,3)4/h5-6,13H,7H2,1-4H3. The molecule has 14 heavy (non-hydrogen) atoms. The second-order valence-corrected chi connectivity index (χ2v) is 4.87. The molecule has 0 bridgehead atoms. The summed E-state index contributed by atoms with van der Waals surface area (Å²) in [5, 5.41) is 3.97. The van der Waals surface area contributed by atoms with Crippen LogP contribution in [-0.4, -0.2) is 10.5 Å². The van der Waals surface area contributed by atoms with Gasteiger partial charge < -0.3 is 5.32 Å². The zero-order valence-electron chi connectivity index (χ0n) is 9.19. The fourth-order valence-electron chi connectivity index (χ4n) is 1.11. The highest BCUT2D eigenvalue weighted by atomic mass is 35.5. The van der Waals surface area contributed by atoms with Gasteiger partial charge in [-0.25, -0.2) is 4.98 Å². The third-order valence-electron chi connectivity index (χ3n) is 1.97. The zero-order chi connectivity index (χ0) is 10.8. The fourth-order valence-corrected chi connectivity index (χ4v) is 1.30. The topological polar surface area (TPSA) is 24.9 Å². The molecule has 0 saturated carbocycles. The van der Waals surface area contributed by atoms with E-state index in [0.29, 0.717) is 5.15 Å². The van der Waals surface area contributed by atoms with Gasteiger partial charge in [0.2, 0.25) is 0 Å². The summed E-state index contributed by atoms with van der Waals surface area (Å²) in [4.78, 5) is 4.20. The Bertz CT molecular complexity index is 316. The molecule has 0 radical (unpaired) electrons. The van der Waals surface area contributed by atoms with E-state index in [9.17, 15) is 0 Å². The molecule has 0 amide bonds. The van der Waals surface area contributed by atoms with E-state index in [-0.39, 0.29) is 5.54 Å². The highest BCUT2D eigenvalue weighted by molar-refractivity contribution is 6.29. The third-order valence-corrected chi connectivity index (χ3v) is 2.18. The monoisotopic (exact) mass is 212 g/mol. The molecule has 1 heterocycles. The van der Waals surface area contributed by atoms with Crippen molar-refractivity contribution in [3.8, 4) is 0 Å². The Balaban J connectivity index is 2.68. The Morgan fingerprint density at radius 2 is 2.00 bits per heavy atom. The summed E-state index contributed by atoms with van der Waals surface area (Å²) in [6.07, 6.45) is 0.